The van der Waals surface area contributed by atoms with E-state index >= 15 is 0 Å². The molecule has 3 rings (SSSR count). The van der Waals surface area contributed by atoms with Gasteiger partial charge in [0.15, 0.2) is 0 Å². The lowest BCUT2D eigenvalue weighted by atomic mass is 10.0. The fourth-order valence-corrected chi connectivity index (χ4v) is 3.87. The summed E-state index contributed by atoms with van der Waals surface area (Å²) in [5, 5.41) is 8.13. The number of aryl methyl sites for hydroxylation is 1. The van der Waals surface area contributed by atoms with Crippen molar-refractivity contribution < 1.29 is 9.53 Å². The van der Waals surface area contributed by atoms with E-state index in [1.54, 1.807) is 23.9 Å². The highest BCUT2D eigenvalue weighted by Gasteiger charge is 2.15. The molecule has 0 radical (unpaired) electrons. The van der Waals surface area contributed by atoms with Gasteiger partial charge in [-0.1, -0.05) is 49.6 Å². The predicted molar refractivity (Wildman–Crippen MR) is 94.0 cm³/mol. The van der Waals surface area contributed by atoms with E-state index in [0.29, 0.717) is 5.56 Å². The summed E-state index contributed by atoms with van der Waals surface area (Å²) in [5.74, 6) is 2.33. The molecule has 1 saturated carbocycles. The zero-order valence-electron chi connectivity index (χ0n) is 14.0. The molecule has 0 bridgehead atoms. The Labute approximate surface area is 146 Å². The maximum atomic E-state index is 11.4. The molecule has 1 N–H and O–H groups in total. The van der Waals surface area contributed by atoms with Crippen molar-refractivity contribution in [2.75, 3.05) is 7.11 Å². The van der Waals surface area contributed by atoms with E-state index in [1.807, 2.05) is 12.1 Å². The fraction of sp³-hybridized carbons (Fsp3) is 0.500. The summed E-state index contributed by atoms with van der Waals surface area (Å²) in [4.78, 5) is 16.0. The Hall–Kier alpha value is -1.82. The molecule has 1 aliphatic carbocycles. The Morgan fingerprint density at radius 1 is 1.29 bits per heavy atom. The molecular formula is C18H23N3O2S. The highest BCUT2D eigenvalue weighted by Crippen LogP contribution is 2.28. The van der Waals surface area contributed by atoms with Gasteiger partial charge in [0.1, 0.15) is 5.82 Å². The Bertz CT molecular complexity index is 663. The topological polar surface area (TPSA) is 67.9 Å². The van der Waals surface area contributed by atoms with E-state index in [2.05, 4.69) is 15.2 Å². The van der Waals surface area contributed by atoms with E-state index < -0.39 is 0 Å². The largest absolute Gasteiger partial charge is 0.465 e. The first-order chi connectivity index (χ1) is 11.7. The predicted octanol–water partition coefficient (Wildman–Crippen LogP) is 4.01. The van der Waals surface area contributed by atoms with Gasteiger partial charge in [-0.15, -0.1) is 5.10 Å². The molecule has 5 nitrogen and oxygen atoms in total. The second-order valence-electron chi connectivity index (χ2n) is 6.23. The number of nitrogens with one attached hydrogen (secondary N) is 1. The molecule has 0 amide bonds. The minimum Gasteiger partial charge on any atom is -0.465 e. The number of aromatic nitrogens is 3. The molecule has 24 heavy (non-hydrogen) atoms. The average molecular weight is 345 g/mol. The lowest BCUT2D eigenvalue weighted by molar-refractivity contribution is 0.0600. The lowest BCUT2D eigenvalue weighted by Gasteiger charge is -2.05. The van der Waals surface area contributed by atoms with Gasteiger partial charge < -0.3 is 4.74 Å². The zero-order valence-corrected chi connectivity index (χ0v) is 14.8. The number of methoxy groups -OCH3 is 1. The number of H-pyrrole nitrogens is 1. The number of ether oxygens (including phenoxy) is 1. The van der Waals surface area contributed by atoms with Gasteiger partial charge in [-0.3, -0.25) is 5.10 Å². The first-order valence-electron chi connectivity index (χ1n) is 8.46. The highest BCUT2D eigenvalue weighted by molar-refractivity contribution is 7.98. The minimum absolute atomic E-state index is 0.310. The summed E-state index contributed by atoms with van der Waals surface area (Å²) in [5.41, 5.74) is 1.70. The number of aromatic amines is 1. The third kappa shape index (κ3) is 4.60. The summed E-state index contributed by atoms with van der Waals surface area (Å²) in [7, 11) is 1.39. The van der Waals surface area contributed by atoms with Crippen LogP contribution in [0.4, 0.5) is 0 Å². The molecule has 0 atom stereocenters. The first-order valence-corrected chi connectivity index (χ1v) is 9.44. The molecule has 2 aromatic rings. The summed E-state index contributed by atoms with van der Waals surface area (Å²) in [6.45, 7) is 0. The Morgan fingerprint density at radius 2 is 2.04 bits per heavy atom. The van der Waals surface area contributed by atoms with Crippen LogP contribution in [0, 0.1) is 5.92 Å². The number of benzene rings is 1. The minimum atomic E-state index is -0.310. The van der Waals surface area contributed by atoms with Gasteiger partial charge in [0, 0.05) is 12.2 Å². The standard InChI is InChI=1S/C18H23N3O2S/c1-23-17(22)15-9-6-14(7-10-15)12-24-18-19-16(20-21-18)11-8-13-4-2-3-5-13/h6-7,9-10,13H,2-5,8,11-12H2,1H3,(H,19,20,21). The molecule has 1 aliphatic rings. The van der Waals surface area contributed by atoms with Crippen LogP contribution in [0.3, 0.4) is 0 Å². The van der Waals surface area contributed by atoms with Crippen molar-refractivity contribution in [2.24, 2.45) is 5.92 Å². The van der Waals surface area contributed by atoms with Crippen LogP contribution in [0.15, 0.2) is 29.4 Å². The van der Waals surface area contributed by atoms with Crippen molar-refractivity contribution >= 4 is 17.7 Å². The number of thioether (sulfide) groups is 1. The third-order valence-corrected chi connectivity index (χ3v) is 5.44. The van der Waals surface area contributed by atoms with E-state index in [9.17, 15) is 4.79 Å². The number of hydrogen-bond donors (Lipinski definition) is 1. The van der Waals surface area contributed by atoms with Gasteiger partial charge in [-0.2, -0.15) is 0 Å². The zero-order chi connectivity index (χ0) is 16.8. The molecule has 1 heterocycles. The number of carbonyl (C=O) groups is 1. The van der Waals surface area contributed by atoms with Crippen molar-refractivity contribution in [2.45, 2.75) is 49.4 Å². The van der Waals surface area contributed by atoms with Crippen LogP contribution in [-0.2, 0) is 16.9 Å². The van der Waals surface area contributed by atoms with E-state index in [-0.39, 0.29) is 5.97 Å². The monoisotopic (exact) mass is 345 g/mol. The summed E-state index contributed by atoms with van der Waals surface area (Å²) >= 11 is 1.60. The number of rotatable bonds is 7. The van der Waals surface area contributed by atoms with Crippen molar-refractivity contribution in [1.29, 1.82) is 0 Å². The average Bonchev–Trinajstić information content (AvgIpc) is 3.29. The van der Waals surface area contributed by atoms with Crippen molar-refractivity contribution in [3.63, 3.8) is 0 Å². The fourth-order valence-electron chi connectivity index (χ4n) is 3.10. The van der Waals surface area contributed by atoms with Crippen LogP contribution in [0.25, 0.3) is 0 Å². The Kier molecular flexibility index (Phi) is 5.91. The molecule has 1 aromatic heterocycles. The molecule has 0 saturated heterocycles. The smallest absolute Gasteiger partial charge is 0.337 e. The second kappa shape index (κ2) is 8.33. The maximum absolute atomic E-state index is 11.4. The van der Waals surface area contributed by atoms with Crippen molar-refractivity contribution in [3.8, 4) is 0 Å². The van der Waals surface area contributed by atoms with Gasteiger partial charge in [0.05, 0.1) is 12.7 Å². The van der Waals surface area contributed by atoms with E-state index in [4.69, 9.17) is 4.74 Å². The summed E-state index contributed by atoms with van der Waals surface area (Å²) in [6.07, 6.45) is 7.73. The summed E-state index contributed by atoms with van der Waals surface area (Å²) in [6, 6.07) is 7.44. The Morgan fingerprint density at radius 3 is 2.75 bits per heavy atom. The molecule has 1 fully saturated rings. The highest BCUT2D eigenvalue weighted by atomic mass is 32.2. The second-order valence-corrected chi connectivity index (χ2v) is 7.17. The lowest BCUT2D eigenvalue weighted by Crippen LogP contribution is -2.00. The van der Waals surface area contributed by atoms with Crippen LogP contribution in [-0.4, -0.2) is 28.3 Å². The molecule has 0 spiro atoms. The van der Waals surface area contributed by atoms with Crippen LogP contribution >= 0.6 is 11.8 Å². The molecular weight excluding hydrogens is 322 g/mol. The van der Waals surface area contributed by atoms with Gasteiger partial charge in [-0.05, 0) is 30.0 Å². The van der Waals surface area contributed by atoms with Gasteiger partial charge >= 0.3 is 5.97 Å². The van der Waals surface area contributed by atoms with E-state index in [1.165, 1.54) is 39.2 Å². The third-order valence-electron chi connectivity index (χ3n) is 4.52. The number of hydrogen-bond acceptors (Lipinski definition) is 5. The molecule has 128 valence electrons. The SMILES string of the molecule is COC(=O)c1ccc(CSc2n[nH]c(CCC3CCCC3)n2)cc1. The summed E-state index contributed by atoms with van der Waals surface area (Å²) < 4.78 is 4.70. The van der Waals surface area contributed by atoms with E-state index in [0.717, 1.165) is 34.6 Å². The van der Waals surface area contributed by atoms with Crippen LogP contribution in [0.2, 0.25) is 0 Å². The quantitative estimate of drug-likeness (QED) is 0.607. The van der Waals surface area contributed by atoms with Gasteiger partial charge in [-0.25, -0.2) is 9.78 Å². The van der Waals surface area contributed by atoms with Crippen LogP contribution in [0.1, 0.15) is 53.8 Å². The van der Waals surface area contributed by atoms with Crippen molar-refractivity contribution in [1.82, 2.24) is 15.2 Å². The molecule has 0 unspecified atom stereocenters. The van der Waals surface area contributed by atoms with Crippen LogP contribution in [0.5, 0.6) is 0 Å². The van der Waals surface area contributed by atoms with Crippen LogP contribution < -0.4 is 0 Å². The first kappa shape index (κ1) is 17.0. The number of carbonyl (C=O) groups excluding carboxylic acids is 1. The molecule has 1 aromatic carbocycles. The normalized spacial score (nSPS) is 14.9. The van der Waals surface area contributed by atoms with Crippen molar-refractivity contribution in [3.05, 3.63) is 41.2 Å². The van der Waals surface area contributed by atoms with Gasteiger partial charge in [0.2, 0.25) is 5.16 Å². The number of nitrogens with zero attached hydrogens (tertiary/aromatic N) is 2. The molecule has 6 heteroatoms. The number of esters is 1. The maximum Gasteiger partial charge on any atom is 0.337 e. The van der Waals surface area contributed by atoms with Gasteiger partial charge in [0.25, 0.3) is 0 Å². The molecule has 0 aliphatic heterocycles. The Balaban J connectivity index is 1.47.